The van der Waals surface area contributed by atoms with E-state index >= 15 is 0 Å². The Kier molecular flexibility index (Phi) is 13.6. The van der Waals surface area contributed by atoms with Crippen molar-refractivity contribution in [1.29, 1.82) is 0 Å². The Morgan fingerprint density at radius 3 is 1.46 bits per heavy atom. The summed E-state index contributed by atoms with van der Waals surface area (Å²) in [6, 6.07) is 10.3. The molecule has 0 amide bonds. The molecule has 0 spiro atoms. The van der Waals surface area contributed by atoms with Crippen LogP contribution in [-0.2, 0) is 0 Å². The summed E-state index contributed by atoms with van der Waals surface area (Å²) in [5, 5.41) is 0. The third-order valence-electron chi connectivity index (χ3n) is 7.18. The van der Waals surface area contributed by atoms with Gasteiger partial charge in [-0.15, -0.1) is 0 Å². The van der Waals surface area contributed by atoms with E-state index in [0.717, 1.165) is 5.92 Å². The Balaban J connectivity index is 0.000000197. The molecule has 0 saturated heterocycles. The van der Waals surface area contributed by atoms with Gasteiger partial charge in [0.1, 0.15) is 0 Å². The average Bonchev–Trinajstić information content (AvgIpc) is 3.49. The van der Waals surface area contributed by atoms with Crippen LogP contribution in [0.4, 0.5) is 0 Å². The maximum absolute atomic E-state index is 2.36. The zero-order valence-electron chi connectivity index (χ0n) is 20.1. The molecule has 0 N–H and O–H groups in total. The molecule has 4 aliphatic carbocycles. The van der Waals surface area contributed by atoms with E-state index in [1.807, 2.05) is 45.9 Å². The van der Waals surface area contributed by atoms with Gasteiger partial charge in [0, 0.05) is 0 Å². The van der Waals surface area contributed by atoms with Crippen molar-refractivity contribution >= 4 is 0 Å². The zero-order valence-corrected chi connectivity index (χ0v) is 20.1. The summed E-state index contributed by atoms with van der Waals surface area (Å²) in [4.78, 5) is 0. The molecule has 5 rings (SSSR count). The van der Waals surface area contributed by atoms with Gasteiger partial charge < -0.3 is 0 Å². The van der Waals surface area contributed by atoms with Crippen molar-refractivity contribution in [3.63, 3.8) is 0 Å². The van der Waals surface area contributed by atoms with E-state index in [1.54, 1.807) is 38.5 Å². The van der Waals surface area contributed by atoms with Crippen LogP contribution in [-0.4, -0.2) is 0 Å². The monoisotopic (exact) mass is 386 g/mol. The second kappa shape index (κ2) is 15.1. The molecular formula is C28H50. The normalized spacial score (nSPS) is 29.5. The topological polar surface area (TPSA) is 0 Å². The van der Waals surface area contributed by atoms with Crippen LogP contribution in [0, 0.1) is 36.5 Å². The molecule has 0 aliphatic heterocycles. The van der Waals surface area contributed by atoms with Crippen LogP contribution in [0.3, 0.4) is 0 Å². The first-order chi connectivity index (χ1) is 13.7. The average molecular weight is 387 g/mol. The summed E-state index contributed by atoms with van der Waals surface area (Å²) in [6.07, 6.45) is 17.0. The van der Waals surface area contributed by atoms with Gasteiger partial charge in [-0.2, -0.15) is 0 Å². The number of fused-ring (bicyclic) bond motifs is 5. The van der Waals surface area contributed by atoms with Gasteiger partial charge in [-0.1, -0.05) is 109 Å². The standard InChI is InChI=1S/C10H16.C7H14.C7H8.2C2H6/c1-2-9-7-4-5-8(6-7)10(9)3-1;2*1-7-5-3-2-4-6-7;2*1-2/h7-10H,1-6H2;7H,2-6H2,1H3;2-6H,1H3;2*1-2H3. The van der Waals surface area contributed by atoms with Crippen molar-refractivity contribution in [2.45, 2.75) is 112 Å². The van der Waals surface area contributed by atoms with Crippen molar-refractivity contribution < 1.29 is 0 Å². The van der Waals surface area contributed by atoms with Gasteiger partial charge in [0.15, 0.2) is 0 Å². The quantitative estimate of drug-likeness (QED) is 0.416. The first-order valence-electron chi connectivity index (χ1n) is 12.8. The summed E-state index contributed by atoms with van der Waals surface area (Å²) < 4.78 is 0. The minimum absolute atomic E-state index is 1.04. The van der Waals surface area contributed by atoms with E-state index in [1.165, 1.54) is 61.3 Å². The van der Waals surface area contributed by atoms with Crippen LogP contribution in [0.15, 0.2) is 30.3 Å². The van der Waals surface area contributed by atoms with Gasteiger partial charge in [-0.05, 0) is 68.6 Å². The van der Waals surface area contributed by atoms with E-state index in [4.69, 9.17) is 0 Å². The molecular weight excluding hydrogens is 336 g/mol. The van der Waals surface area contributed by atoms with E-state index in [0.29, 0.717) is 0 Å². The van der Waals surface area contributed by atoms with Crippen LogP contribution in [0.2, 0.25) is 0 Å². The lowest BCUT2D eigenvalue weighted by Crippen LogP contribution is -2.15. The van der Waals surface area contributed by atoms with Crippen LogP contribution >= 0.6 is 0 Å². The fourth-order valence-electron chi connectivity index (χ4n) is 5.86. The first kappa shape index (κ1) is 25.3. The maximum atomic E-state index is 2.36. The summed E-state index contributed by atoms with van der Waals surface area (Å²) in [5.41, 5.74) is 1.32. The van der Waals surface area contributed by atoms with Gasteiger partial charge >= 0.3 is 0 Å². The molecule has 1 aromatic rings. The molecule has 0 heterocycles. The SMILES string of the molecule is C1CC2C3CCC(C3)C2C1.CC.CC.CC1CCCCC1.Cc1ccccc1. The van der Waals surface area contributed by atoms with Gasteiger partial charge in [0.05, 0.1) is 0 Å². The number of aryl methyl sites for hydroxylation is 1. The lowest BCUT2D eigenvalue weighted by Gasteiger charge is -2.23. The lowest BCUT2D eigenvalue weighted by atomic mass is 9.82. The Labute approximate surface area is 177 Å². The third-order valence-corrected chi connectivity index (χ3v) is 7.18. The smallest absolute Gasteiger partial charge is 0.0355 e. The Bertz CT molecular complexity index is 440. The highest BCUT2D eigenvalue weighted by molar-refractivity contribution is 5.11. The van der Waals surface area contributed by atoms with E-state index in [2.05, 4.69) is 26.0 Å². The molecule has 4 aliphatic rings. The molecule has 4 atom stereocenters. The van der Waals surface area contributed by atoms with Crippen molar-refractivity contribution in [2.75, 3.05) is 0 Å². The summed E-state index contributed by atoms with van der Waals surface area (Å²) >= 11 is 0. The minimum Gasteiger partial charge on any atom is -0.0683 e. The highest BCUT2D eigenvalue weighted by Crippen LogP contribution is 2.58. The molecule has 4 fully saturated rings. The molecule has 28 heavy (non-hydrogen) atoms. The molecule has 2 bridgehead atoms. The van der Waals surface area contributed by atoms with Crippen LogP contribution in [0.5, 0.6) is 0 Å². The second-order valence-electron chi connectivity index (χ2n) is 8.99. The van der Waals surface area contributed by atoms with Crippen LogP contribution in [0.1, 0.15) is 111 Å². The molecule has 0 aromatic heterocycles. The molecule has 162 valence electrons. The molecule has 0 nitrogen and oxygen atoms in total. The summed E-state index contributed by atoms with van der Waals surface area (Å²) in [5.74, 6) is 5.83. The summed E-state index contributed by atoms with van der Waals surface area (Å²) in [7, 11) is 0. The fraction of sp³-hybridized carbons (Fsp3) is 0.786. The zero-order chi connectivity index (χ0) is 20.8. The highest BCUT2D eigenvalue weighted by Gasteiger charge is 2.48. The van der Waals surface area contributed by atoms with Crippen molar-refractivity contribution in [3.8, 4) is 0 Å². The highest BCUT2D eigenvalue weighted by atomic mass is 14.5. The molecule has 1 aromatic carbocycles. The lowest BCUT2D eigenvalue weighted by molar-refractivity contribution is 0.259. The van der Waals surface area contributed by atoms with Crippen LogP contribution < -0.4 is 0 Å². The van der Waals surface area contributed by atoms with Crippen molar-refractivity contribution in [2.24, 2.45) is 29.6 Å². The third kappa shape index (κ3) is 8.30. The second-order valence-corrected chi connectivity index (χ2v) is 8.99. The van der Waals surface area contributed by atoms with E-state index in [-0.39, 0.29) is 0 Å². The van der Waals surface area contributed by atoms with Crippen LogP contribution in [0.25, 0.3) is 0 Å². The van der Waals surface area contributed by atoms with Gasteiger partial charge in [0.2, 0.25) is 0 Å². The number of hydrogen-bond donors (Lipinski definition) is 0. The molecule has 0 radical (unpaired) electrons. The first-order valence-corrected chi connectivity index (χ1v) is 12.8. The summed E-state index contributed by atoms with van der Waals surface area (Å²) in [6.45, 7) is 12.4. The Morgan fingerprint density at radius 1 is 0.607 bits per heavy atom. The molecule has 4 unspecified atom stereocenters. The fourth-order valence-corrected chi connectivity index (χ4v) is 5.86. The van der Waals surface area contributed by atoms with Gasteiger partial charge in [-0.3, -0.25) is 0 Å². The Morgan fingerprint density at radius 2 is 1.11 bits per heavy atom. The van der Waals surface area contributed by atoms with Crippen molar-refractivity contribution in [1.82, 2.24) is 0 Å². The molecule has 0 heteroatoms. The Hall–Kier alpha value is -0.780. The van der Waals surface area contributed by atoms with E-state index < -0.39 is 0 Å². The van der Waals surface area contributed by atoms with Gasteiger partial charge in [-0.25, -0.2) is 0 Å². The van der Waals surface area contributed by atoms with Gasteiger partial charge in [0.25, 0.3) is 0 Å². The predicted octanol–water partition coefficient (Wildman–Crippen LogP) is 9.47. The number of rotatable bonds is 0. The predicted molar refractivity (Wildman–Crippen MR) is 128 cm³/mol. The minimum atomic E-state index is 1.04. The largest absolute Gasteiger partial charge is 0.0683 e. The molecule has 4 saturated carbocycles. The maximum Gasteiger partial charge on any atom is -0.0355 e. The number of hydrogen-bond acceptors (Lipinski definition) is 0. The van der Waals surface area contributed by atoms with E-state index in [9.17, 15) is 0 Å². The van der Waals surface area contributed by atoms with Crippen molar-refractivity contribution in [3.05, 3.63) is 35.9 Å². The number of benzene rings is 1.